The quantitative estimate of drug-likeness (QED) is 0.513. The van der Waals surface area contributed by atoms with E-state index in [-0.39, 0.29) is 18.6 Å². The van der Waals surface area contributed by atoms with Crippen molar-refractivity contribution in [1.82, 2.24) is 10.6 Å². The van der Waals surface area contributed by atoms with Crippen LogP contribution in [0.3, 0.4) is 0 Å². The van der Waals surface area contributed by atoms with Crippen LogP contribution in [0.4, 0.5) is 0 Å². The van der Waals surface area contributed by atoms with Crippen LogP contribution in [-0.4, -0.2) is 36.8 Å². The van der Waals surface area contributed by atoms with Crippen molar-refractivity contribution >= 4 is 5.91 Å². The molecule has 3 N–H and O–H groups in total. The smallest absolute Gasteiger partial charge is 0.237 e. The number of aliphatic hydroxyl groups excluding tert-OH is 1. The Morgan fingerprint density at radius 1 is 1.54 bits per heavy atom. The minimum Gasteiger partial charge on any atom is -0.396 e. The van der Waals surface area contributed by atoms with Crippen LogP contribution in [0.1, 0.15) is 25.7 Å². The first kappa shape index (κ1) is 10.5. The third-order valence-corrected chi connectivity index (χ3v) is 2.26. The van der Waals surface area contributed by atoms with E-state index in [9.17, 15) is 4.79 Å². The first-order chi connectivity index (χ1) is 6.34. The summed E-state index contributed by atoms with van der Waals surface area (Å²) in [5.41, 5.74) is 0. The summed E-state index contributed by atoms with van der Waals surface area (Å²) < 4.78 is 0. The summed E-state index contributed by atoms with van der Waals surface area (Å²) in [5.74, 6) is 0.107. The molecule has 0 unspecified atom stereocenters. The highest BCUT2D eigenvalue weighted by Crippen LogP contribution is 2.04. The molecule has 4 nitrogen and oxygen atoms in total. The standard InChI is InChI=1S/C9H18N2O2/c12-7-2-1-5-11-9(13)8-4-3-6-10-8/h8,10,12H,1-7H2,(H,11,13)/t8-/m0/s1. The zero-order chi connectivity index (χ0) is 9.52. The van der Waals surface area contributed by atoms with E-state index in [1.54, 1.807) is 0 Å². The molecule has 1 fully saturated rings. The van der Waals surface area contributed by atoms with Gasteiger partial charge in [0, 0.05) is 13.2 Å². The Labute approximate surface area is 78.7 Å². The van der Waals surface area contributed by atoms with E-state index >= 15 is 0 Å². The minimum atomic E-state index is 0.0223. The Morgan fingerprint density at radius 2 is 2.38 bits per heavy atom. The number of carbonyl (C=O) groups is 1. The molecule has 1 aliphatic rings. The summed E-state index contributed by atoms with van der Waals surface area (Å²) in [6.07, 6.45) is 3.66. The molecule has 0 aromatic heterocycles. The molecule has 0 bridgehead atoms. The van der Waals surface area contributed by atoms with Gasteiger partial charge in [-0.1, -0.05) is 0 Å². The molecule has 0 aromatic rings. The maximum absolute atomic E-state index is 11.4. The predicted octanol–water partition coefficient (Wildman–Crippen LogP) is -0.373. The van der Waals surface area contributed by atoms with Crippen LogP contribution in [0.2, 0.25) is 0 Å². The highest BCUT2D eigenvalue weighted by Gasteiger charge is 2.20. The lowest BCUT2D eigenvalue weighted by atomic mass is 10.2. The lowest BCUT2D eigenvalue weighted by Gasteiger charge is -2.10. The third-order valence-electron chi connectivity index (χ3n) is 2.26. The molecular weight excluding hydrogens is 168 g/mol. The van der Waals surface area contributed by atoms with Crippen LogP contribution < -0.4 is 10.6 Å². The van der Waals surface area contributed by atoms with Gasteiger partial charge in [-0.3, -0.25) is 4.79 Å². The summed E-state index contributed by atoms with van der Waals surface area (Å²) in [6, 6.07) is 0.0223. The number of unbranched alkanes of at least 4 members (excludes halogenated alkanes) is 1. The van der Waals surface area contributed by atoms with Crippen molar-refractivity contribution in [2.24, 2.45) is 0 Å². The SMILES string of the molecule is O=C(NCCCCO)[C@@H]1CCCN1. The van der Waals surface area contributed by atoms with Gasteiger partial charge < -0.3 is 15.7 Å². The van der Waals surface area contributed by atoms with E-state index in [1.165, 1.54) is 0 Å². The van der Waals surface area contributed by atoms with Crippen LogP contribution >= 0.6 is 0 Å². The highest BCUT2D eigenvalue weighted by atomic mass is 16.2. The summed E-state index contributed by atoms with van der Waals surface area (Å²) in [6.45, 7) is 1.84. The molecule has 13 heavy (non-hydrogen) atoms. The van der Waals surface area contributed by atoms with E-state index in [4.69, 9.17) is 5.11 Å². The maximum Gasteiger partial charge on any atom is 0.237 e. The molecule has 4 heteroatoms. The second-order valence-corrected chi connectivity index (χ2v) is 3.37. The lowest BCUT2D eigenvalue weighted by molar-refractivity contribution is -0.122. The van der Waals surface area contributed by atoms with E-state index in [0.29, 0.717) is 6.54 Å². The molecule has 1 amide bonds. The second-order valence-electron chi connectivity index (χ2n) is 3.37. The topological polar surface area (TPSA) is 61.4 Å². The van der Waals surface area contributed by atoms with Crippen molar-refractivity contribution in [2.45, 2.75) is 31.7 Å². The normalized spacial score (nSPS) is 21.8. The number of nitrogens with one attached hydrogen (secondary N) is 2. The number of amides is 1. The molecule has 76 valence electrons. The van der Waals surface area contributed by atoms with Gasteiger partial charge in [-0.05, 0) is 32.2 Å². The van der Waals surface area contributed by atoms with Gasteiger partial charge in [-0.2, -0.15) is 0 Å². The van der Waals surface area contributed by atoms with Crippen molar-refractivity contribution in [1.29, 1.82) is 0 Å². The molecule has 1 rings (SSSR count). The Hall–Kier alpha value is -0.610. The summed E-state index contributed by atoms with van der Waals surface area (Å²) in [7, 11) is 0. The van der Waals surface area contributed by atoms with Gasteiger partial charge in [-0.25, -0.2) is 0 Å². The largest absolute Gasteiger partial charge is 0.396 e. The van der Waals surface area contributed by atoms with Crippen LogP contribution in [-0.2, 0) is 4.79 Å². The van der Waals surface area contributed by atoms with Gasteiger partial charge in [0.2, 0.25) is 5.91 Å². The summed E-state index contributed by atoms with van der Waals surface area (Å²) in [4.78, 5) is 11.4. The van der Waals surface area contributed by atoms with Gasteiger partial charge in [0.05, 0.1) is 6.04 Å². The molecule has 0 aliphatic carbocycles. The van der Waals surface area contributed by atoms with Gasteiger partial charge >= 0.3 is 0 Å². The first-order valence-corrected chi connectivity index (χ1v) is 4.96. The van der Waals surface area contributed by atoms with Crippen LogP contribution in [0.25, 0.3) is 0 Å². The molecule has 0 spiro atoms. The van der Waals surface area contributed by atoms with E-state index in [0.717, 1.165) is 32.2 Å². The van der Waals surface area contributed by atoms with Crippen LogP contribution in [0.15, 0.2) is 0 Å². The number of rotatable bonds is 5. The molecule has 1 atom stereocenters. The van der Waals surface area contributed by atoms with Gasteiger partial charge in [-0.15, -0.1) is 0 Å². The predicted molar refractivity (Wildman–Crippen MR) is 50.4 cm³/mol. The molecule has 1 saturated heterocycles. The van der Waals surface area contributed by atoms with E-state index in [1.807, 2.05) is 0 Å². The Bertz CT molecular complexity index is 156. The fourth-order valence-corrected chi connectivity index (χ4v) is 1.48. The summed E-state index contributed by atoms with van der Waals surface area (Å²) in [5, 5.41) is 14.5. The fourth-order valence-electron chi connectivity index (χ4n) is 1.48. The molecule has 0 saturated carbocycles. The Morgan fingerprint density at radius 3 is 3.00 bits per heavy atom. The van der Waals surface area contributed by atoms with Gasteiger partial charge in [0.25, 0.3) is 0 Å². The van der Waals surface area contributed by atoms with E-state index < -0.39 is 0 Å². The second kappa shape index (κ2) is 5.94. The average Bonchev–Trinajstić information content (AvgIpc) is 2.65. The van der Waals surface area contributed by atoms with Gasteiger partial charge in [0.1, 0.15) is 0 Å². The van der Waals surface area contributed by atoms with Crippen molar-refractivity contribution in [3.63, 3.8) is 0 Å². The van der Waals surface area contributed by atoms with Crippen molar-refractivity contribution in [3.8, 4) is 0 Å². The third kappa shape index (κ3) is 3.74. The van der Waals surface area contributed by atoms with Crippen molar-refractivity contribution in [3.05, 3.63) is 0 Å². The van der Waals surface area contributed by atoms with Crippen molar-refractivity contribution in [2.75, 3.05) is 19.7 Å². The summed E-state index contributed by atoms with van der Waals surface area (Å²) >= 11 is 0. The number of aliphatic hydroxyl groups is 1. The molecule has 1 aliphatic heterocycles. The fraction of sp³-hybridized carbons (Fsp3) is 0.889. The average molecular weight is 186 g/mol. The molecule has 0 radical (unpaired) electrons. The Balaban J connectivity index is 2.03. The zero-order valence-electron chi connectivity index (χ0n) is 7.88. The monoisotopic (exact) mass is 186 g/mol. The van der Waals surface area contributed by atoms with Gasteiger partial charge in [0.15, 0.2) is 0 Å². The number of carbonyl (C=O) groups excluding carboxylic acids is 1. The molecule has 0 aromatic carbocycles. The Kier molecular flexibility index (Phi) is 4.78. The maximum atomic E-state index is 11.4. The highest BCUT2D eigenvalue weighted by molar-refractivity contribution is 5.81. The zero-order valence-corrected chi connectivity index (χ0v) is 7.88. The number of hydrogen-bond acceptors (Lipinski definition) is 3. The molecular formula is C9H18N2O2. The van der Waals surface area contributed by atoms with Crippen LogP contribution in [0, 0.1) is 0 Å². The first-order valence-electron chi connectivity index (χ1n) is 4.96. The lowest BCUT2D eigenvalue weighted by Crippen LogP contribution is -2.40. The van der Waals surface area contributed by atoms with E-state index in [2.05, 4.69) is 10.6 Å². The number of hydrogen-bond donors (Lipinski definition) is 3. The molecule has 1 heterocycles. The van der Waals surface area contributed by atoms with Crippen molar-refractivity contribution < 1.29 is 9.90 Å². The minimum absolute atomic E-state index is 0.0223. The van der Waals surface area contributed by atoms with Crippen LogP contribution in [0.5, 0.6) is 0 Å².